The zero-order chi connectivity index (χ0) is 29.3. The number of nitrogens with zero attached hydrogens (tertiary/aromatic N) is 1. The predicted molar refractivity (Wildman–Crippen MR) is 158 cm³/mol. The summed E-state index contributed by atoms with van der Waals surface area (Å²) in [6.07, 6.45) is 8.85. The number of aliphatic hydroxyl groups excluding tert-OH is 2. The van der Waals surface area contributed by atoms with Gasteiger partial charge in [0.05, 0.1) is 22.4 Å². The van der Waals surface area contributed by atoms with Crippen LogP contribution in [0.1, 0.15) is 85.0 Å². The molecule has 0 spiro atoms. The summed E-state index contributed by atoms with van der Waals surface area (Å²) in [7, 11) is -3.89. The molecule has 4 aliphatic carbocycles. The molecule has 4 aliphatic rings. The number of benzene rings is 1. The van der Waals surface area contributed by atoms with E-state index in [1.165, 1.54) is 12.8 Å². The van der Waals surface area contributed by atoms with E-state index >= 15 is 0 Å². The number of hydrogen-bond acceptors (Lipinski definition) is 8. The lowest BCUT2D eigenvalue weighted by atomic mass is 9.43. The lowest BCUT2D eigenvalue weighted by Crippen LogP contribution is -2.58. The third-order valence-electron chi connectivity index (χ3n) is 12.1. The third kappa shape index (κ3) is 5.05. The fraction of sp³-hybridized carbons (Fsp3) is 0.742. The summed E-state index contributed by atoms with van der Waals surface area (Å²) in [5.74, 6) is 2.93. The molecule has 41 heavy (non-hydrogen) atoms. The lowest BCUT2D eigenvalue weighted by molar-refractivity contribution is -0.175. The van der Waals surface area contributed by atoms with Crippen LogP contribution in [-0.4, -0.2) is 41.8 Å². The summed E-state index contributed by atoms with van der Waals surface area (Å²) in [4.78, 5) is 16.9. The van der Waals surface area contributed by atoms with Gasteiger partial charge in [0.15, 0.2) is 0 Å². The van der Waals surface area contributed by atoms with Crippen LogP contribution in [-0.2, 0) is 14.8 Å². The van der Waals surface area contributed by atoms with E-state index in [2.05, 4.69) is 25.8 Å². The number of fused-ring (bicyclic) bond motifs is 6. The van der Waals surface area contributed by atoms with Gasteiger partial charge < -0.3 is 14.9 Å². The third-order valence-corrected chi connectivity index (χ3v) is 14.5. The number of primary sulfonamides is 1. The Hall–Kier alpha value is -1.59. The molecular formula is C31H44N2O6S2. The van der Waals surface area contributed by atoms with E-state index < -0.39 is 10.0 Å². The van der Waals surface area contributed by atoms with E-state index in [0.717, 1.165) is 49.9 Å². The van der Waals surface area contributed by atoms with Crippen LogP contribution in [0.5, 0.6) is 5.75 Å². The number of carbonyl (C=O) groups excluding carboxylic acids is 1. The number of carbonyl (C=O) groups is 1. The van der Waals surface area contributed by atoms with Crippen molar-refractivity contribution in [1.29, 1.82) is 0 Å². The molecule has 0 amide bonds. The molecule has 0 radical (unpaired) electrons. The number of esters is 1. The second kappa shape index (κ2) is 10.5. The van der Waals surface area contributed by atoms with Crippen LogP contribution >= 0.6 is 11.3 Å². The van der Waals surface area contributed by atoms with E-state index in [1.54, 1.807) is 18.2 Å². The fourth-order valence-electron chi connectivity index (χ4n) is 9.96. The Balaban J connectivity index is 1.10. The minimum Gasteiger partial charge on any atom is -0.426 e. The lowest BCUT2D eigenvalue weighted by Gasteiger charge is -2.62. The van der Waals surface area contributed by atoms with Crippen LogP contribution in [0.25, 0.3) is 10.2 Å². The molecule has 4 N–H and O–H groups in total. The van der Waals surface area contributed by atoms with Crippen LogP contribution in [0.2, 0.25) is 0 Å². The molecule has 226 valence electrons. The Morgan fingerprint density at radius 2 is 1.93 bits per heavy atom. The van der Waals surface area contributed by atoms with Crippen molar-refractivity contribution in [3.63, 3.8) is 0 Å². The fourth-order valence-corrected chi connectivity index (χ4v) is 11.6. The minimum absolute atomic E-state index is 0.139. The van der Waals surface area contributed by atoms with Gasteiger partial charge in [0.2, 0.25) is 4.34 Å². The second-order valence-corrected chi connectivity index (χ2v) is 16.8. The summed E-state index contributed by atoms with van der Waals surface area (Å²) in [6, 6.07) is 4.88. The number of aliphatic hydroxyl groups is 2. The highest BCUT2D eigenvalue weighted by atomic mass is 32.2. The molecule has 6 rings (SSSR count). The number of sulfonamides is 1. The van der Waals surface area contributed by atoms with Crippen LogP contribution in [0.3, 0.4) is 0 Å². The van der Waals surface area contributed by atoms with Gasteiger partial charge in [-0.05, 0) is 116 Å². The largest absolute Gasteiger partial charge is 0.426 e. The van der Waals surface area contributed by atoms with E-state index in [0.29, 0.717) is 52.0 Å². The SMILES string of the molecule is C[C@H](CCC(=O)Oc1ccc2nc(S(N)(=O)=O)sc2c1)[C@H]1CC[C@H]2[C@@H]3CC[C@@H]4C[C@H](O)CC[C@]4(C)[C@H]3C[C@H](O)[C@]12C. The number of nitrogens with two attached hydrogens (primary N) is 1. The number of aromatic nitrogens is 1. The molecular weight excluding hydrogens is 560 g/mol. The second-order valence-electron chi connectivity index (χ2n) is 14.0. The smallest absolute Gasteiger partial charge is 0.311 e. The molecule has 1 aromatic heterocycles. The molecule has 0 saturated heterocycles. The number of ether oxygens (including phenoxy) is 1. The molecule has 0 aliphatic heterocycles. The molecule has 4 saturated carbocycles. The molecule has 1 heterocycles. The van der Waals surface area contributed by atoms with Gasteiger partial charge in [0, 0.05) is 12.5 Å². The summed E-state index contributed by atoms with van der Waals surface area (Å²) in [5, 5.41) is 27.3. The summed E-state index contributed by atoms with van der Waals surface area (Å²) >= 11 is 0.954. The van der Waals surface area contributed by atoms with Crippen LogP contribution in [0.15, 0.2) is 22.5 Å². The summed E-state index contributed by atoms with van der Waals surface area (Å²) in [6.45, 7) is 7.00. The first-order valence-corrected chi connectivity index (χ1v) is 17.7. The number of thiazole rings is 1. The monoisotopic (exact) mass is 604 g/mol. The molecule has 0 bridgehead atoms. The number of hydrogen-bond donors (Lipinski definition) is 3. The maximum absolute atomic E-state index is 12.8. The quantitative estimate of drug-likeness (QED) is 0.302. The van der Waals surface area contributed by atoms with Crippen molar-refractivity contribution in [3.8, 4) is 5.75 Å². The van der Waals surface area contributed by atoms with Gasteiger partial charge in [-0.2, -0.15) is 0 Å². The Labute approximate surface area is 247 Å². The van der Waals surface area contributed by atoms with Gasteiger partial charge in [0.25, 0.3) is 10.0 Å². The Kier molecular flexibility index (Phi) is 7.58. The van der Waals surface area contributed by atoms with Crippen molar-refractivity contribution in [2.24, 2.45) is 51.5 Å². The Morgan fingerprint density at radius 1 is 1.15 bits per heavy atom. The molecule has 4 fully saturated rings. The van der Waals surface area contributed by atoms with Crippen molar-refractivity contribution >= 4 is 37.5 Å². The Morgan fingerprint density at radius 3 is 2.68 bits per heavy atom. The van der Waals surface area contributed by atoms with Crippen molar-refractivity contribution in [1.82, 2.24) is 4.98 Å². The first kappa shape index (κ1) is 29.5. The maximum Gasteiger partial charge on any atom is 0.311 e. The first-order valence-electron chi connectivity index (χ1n) is 15.3. The topological polar surface area (TPSA) is 140 Å². The van der Waals surface area contributed by atoms with Crippen molar-refractivity contribution in [2.45, 2.75) is 102 Å². The zero-order valence-corrected chi connectivity index (χ0v) is 25.9. The van der Waals surface area contributed by atoms with Crippen LogP contribution in [0, 0.1) is 46.3 Å². The van der Waals surface area contributed by atoms with Crippen LogP contribution in [0.4, 0.5) is 0 Å². The zero-order valence-electron chi connectivity index (χ0n) is 24.3. The van der Waals surface area contributed by atoms with Gasteiger partial charge in [-0.25, -0.2) is 18.5 Å². The molecule has 8 nitrogen and oxygen atoms in total. The van der Waals surface area contributed by atoms with Gasteiger partial charge in [0.1, 0.15) is 5.75 Å². The Bertz CT molecular complexity index is 1430. The van der Waals surface area contributed by atoms with Gasteiger partial charge in [-0.15, -0.1) is 11.3 Å². The van der Waals surface area contributed by atoms with Crippen LogP contribution < -0.4 is 9.88 Å². The summed E-state index contributed by atoms with van der Waals surface area (Å²) < 4.78 is 29.3. The number of rotatable bonds is 6. The van der Waals surface area contributed by atoms with Crippen molar-refractivity contribution in [3.05, 3.63) is 18.2 Å². The molecule has 10 atom stereocenters. The molecule has 10 heteroatoms. The highest BCUT2D eigenvalue weighted by Gasteiger charge is 2.63. The predicted octanol–water partition coefficient (Wildman–Crippen LogP) is 5.26. The summed E-state index contributed by atoms with van der Waals surface area (Å²) in [5.41, 5.74) is 0.577. The molecule has 1 aromatic carbocycles. The van der Waals surface area contributed by atoms with Gasteiger partial charge >= 0.3 is 5.97 Å². The van der Waals surface area contributed by atoms with Gasteiger partial charge in [-0.1, -0.05) is 20.8 Å². The highest BCUT2D eigenvalue weighted by Crippen LogP contribution is 2.68. The average Bonchev–Trinajstić information content (AvgIpc) is 3.50. The normalized spacial score (nSPS) is 39.5. The van der Waals surface area contributed by atoms with Gasteiger partial charge in [-0.3, -0.25) is 4.79 Å². The average molecular weight is 605 g/mol. The van der Waals surface area contributed by atoms with E-state index in [1.807, 2.05) is 0 Å². The maximum atomic E-state index is 12.8. The first-order chi connectivity index (χ1) is 19.3. The van der Waals surface area contributed by atoms with E-state index in [9.17, 15) is 23.4 Å². The van der Waals surface area contributed by atoms with E-state index in [-0.39, 0.29) is 45.7 Å². The van der Waals surface area contributed by atoms with Crippen molar-refractivity contribution < 1.29 is 28.2 Å². The van der Waals surface area contributed by atoms with E-state index in [4.69, 9.17) is 9.88 Å². The van der Waals surface area contributed by atoms with Crippen molar-refractivity contribution in [2.75, 3.05) is 0 Å². The standard InChI is InChI=1S/C31H44N2O6S2/c1-17(4-11-28(36)39-20-6-10-25-26(15-20)40-29(33-25)41(32,37)38)22-8-9-23-21-7-5-18-14-19(34)12-13-30(18,2)24(21)16-27(35)31(22,23)3/h6,10,15,17-19,21-24,27,34-35H,4-5,7-9,11-14,16H2,1-3H3,(H2,32,37,38)/t17-,18-,19-,21+,22-,23+,24+,27+,30+,31-/m1/s1. The highest BCUT2D eigenvalue weighted by molar-refractivity contribution is 7.91. The molecule has 2 aromatic rings. The molecule has 0 unspecified atom stereocenters. The minimum atomic E-state index is -3.89.